The number of hydrogen-bond donors (Lipinski definition) is 0. The largest absolute Gasteiger partial charge is 0.336 e. The molecule has 5 heteroatoms. The second kappa shape index (κ2) is 6.04. The topological polar surface area (TPSA) is 63.7 Å². The minimum Gasteiger partial charge on any atom is -0.329 e. The summed E-state index contributed by atoms with van der Waals surface area (Å²) in [4.78, 5) is 41.5. The van der Waals surface area contributed by atoms with Gasteiger partial charge < -0.3 is 4.84 Å². The van der Waals surface area contributed by atoms with Crippen LogP contribution < -0.4 is 0 Å². The van der Waals surface area contributed by atoms with E-state index in [1.54, 1.807) is 19.1 Å². The second-order valence-electron chi connectivity index (χ2n) is 5.45. The van der Waals surface area contributed by atoms with Gasteiger partial charge in [0.15, 0.2) is 0 Å². The van der Waals surface area contributed by atoms with E-state index >= 15 is 0 Å². The van der Waals surface area contributed by atoms with Crippen LogP contribution in [-0.4, -0.2) is 22.8 Å². The third-order valence-electron chi connectivity index (χ3n) is 3.73. The first-order valence-corrected chi connectivity index (χ1v) is 7.31. The number of carbonyl (C=O) groups excluding carboxylic acids is 3. The molecular formula is C18H15NO4. The van der Waals surface area contributed by atoms with Gasteiger partial charge in [-0.3, -0.25) is 9.59 Å². The molecule has 5 nitrogen and oxygen atoms in total. The Morgan fingerprint density at radius 2 is 1.48 bits per heavy atom. The number of imide groups is 1. The Balaban J connectivity index is 1.69. The number of nitrogens with zero attached hydrogens (tertiary/aromatic N) is 1. The molecule has 116 valence electrons. The Labute approximate surface area is 133 Å². The highest BCUT2D eigenvalue weighted by atomic mass is 16.7. The minimum absolute atomic E-state index is 0.251. The van der Waals surface area contributed by atoms with Crippen LogP contribution in [0.15, 0.2) is 54.6 Å². The fraction of sp³-hybridized carbons (Fsp3) is 0.167. The third-order valence-corrected chi connectivity index (χ3v) is 3.73. The van der Waals surface area contributed by atoms with E-state index in [1.165, 1.54) is 12.1 Å². The maximum absolute atomic E-state index is 12.2. The number of hydrogen-bond acceptors (Lipinski definition) is 4. The first-order chi connectivity index (χ1) is 11.1. The molecule has 0 fully saturated rings. The predicted molar refractivity (Wildman–Crippen MR) is 82.3 cm³/mol. The second-order valence-corrected chi connectivity index (χ2v) is 5.45. The van der Waals surface area contributed by atoms with E-state index in [-0.39, 0.29) is 11.1 Å². The van der Waals surface area contributed by atoms with Crippen LogP contribution in [0.4, 0.5) is 0 Å². The molecule has 23 heavy (non-hydrogen) atoms. The van der Waals surface area contributed by atoms with Crippen molar-refractivity contribution in [1.82, 2.24) is 5.06 Å². The van der Waals surface area contributed by atoms with Gasteiger partial charge in [-0.1, -0.05) is 54.5 Å². The zero-order valence-corrected chi connectivity index (χ0v) is 12.6. The summed E-state index contributed by atoms with van der Waals surface area (Å²) >= 11 is 0. The predicted octanol–water partition coefficient (Wildman–Crippen LogP) is 2.62. The maximum atomic E-state index is 12.2. The lowest BCUT2D eigenvalue weighted by atomic mass is 10.0. The molecule has 1 unspecified atom stereocenters. The normalized spacial score (nSPS) is 14.6. The summed E-state index contributed by atoms with van der Waals surface area (Å²) in [6, 6.07) is 15.9. The molecule has 1 aliphatic rings. The minimum atomic E-state index is -0.608. The van der Waals surface area contributed by atoms with Crippen LogP contribution in [0.5, 0.6) is 0 Å². The van der Waals surface area contributed by atoms with Gasteiger partial charge in [0.25, 0.3) is 11.8 Å². The highest BCUT2D eigenvalue weighted by Crippen LogP contribution is 2.23. The number of fused-ring (bicyclic) bond motifs is 1. The molecule has 0 radical (unpaired) electrons. The van der Waals surface area contributed by atoms with E-state index in [0.717, 1.165) is 5.56 Å². The number of benzene rings is 2. The molecule has 1 aliphatic heterocycles. The maximum Gasteiger partial charge on any atom is 0.336 e. The van der Waals surface area contributed by atoms with Gasteiger partial charge in [-0.05, 0) is 24.1 Å². The molecular weight excluding hydrogens is 294 g/mol. The van der Waals surface area contributed by atoms with E-state index in [1.807, 2.05) is 30.3 Å². The Bertz CT molecular complexity index is 735. The molecule has 0 bridgehead atoms. The summed E-state index contributed by atoms with van der Waals surface area (Å²) in [5, 5.41) is 0.550. The smallest absolute Gasteiger partial charge is 0.329 e. The van der Waals surface area contributed by atoms with Crippen molar-refractivity contribution in [2.45, 2.75) is 13.3 Å². The van der Waals surface area contributed by atoms with Crippen LogP contribution in [0, 0.1) is 5.92 Å². The fourth-order valence-corrected chi connectivity index (χ4v) is 2.48. The molecule has 0 aromatic heterocycles. The van der Waals surface area contributed by atoms with Gasteiger partial charge >= 0.3 is 5.97 Å². The van der Waals surface area contributed by atoms with E-state index in [0.29, 0.717) is 11.5 Å². The van der Waals surface area contributed by atoms with Crippen molar-refractivity contribution in [3.05, 3.63) is 71.3 Å². The van der Waals surface area contributed by atoms with E-state index in [2.05, 4.69) is 0 Å². The lowest BCUT2D eigenvalue weighted by Crippen LogP contribution is -2.35. The number of carbonyl (C=O) groups is 3. The van der Waals surface area contributed by atoms with Crippen molar-refractivity contribution in [3.63, 3.8) is 0 Å². The molecule has 0 aliphatic carbocycles. The molecule has 3 rings (SSSR count). The van der Waals surface area contributed by atoms with Crippen molar-refractivity contribution < 1.29 is 19.2 Å². The van der Waals surface area contributed by atoms with Gasteiger partial charge in [-0.2, -0.15) is 0 Å². The summed E-state index contributed by atoms with van der Waals surface area (Å²) < 4.78 is 0. The van der Waals surface area contributed by atoms with Crippen LogP contribution in [0.25, 0.3) is 0 Å². The molecule has 0 saturated carbocycles. The fourth-order valence-electron chi connectivity index (χ4n) is 2.48. The third kappa shape index (κ3) is 2.85. The molecule has 2 aromatic carbocycles. The highest BCUT2D eigenvalue weighted by molar-refractivity contribution is 6.20. The Kier molecular flexibility index (Phi) is 3.93. The highest BCUT2D eigenvalue weighted by Gasteiger charge is 2.39. The number of rotatable bonds is 4. The average molecular weight is 309 g/mol. The summed E-state index contributed by atoms with van der Waals surface area (Å²) in [6.45, 7) is 1.70. The van der Waals surface area contributed by atoms with Crippen LogP contribution in [-0.2, 0) is 16.1 Å². The van der Waals surface area contributed by atoms with Gasteiger partial charge in [0.2, 0.25) is 0 Å². The van der Waals surface area contributed by atoms with Crippen molar-refractivity contribution in [2.75, 3.05) is 0 Å². The lowest BCUT2D eigenvalue weighted by molar-refractivity contribution is -0.173. The molecule has 0 N–H and O–H groups in total. The van der Waals surface area contributed by atoms with E-state index in [4.69, 9.17) is 4.84 Å². The van der Waals surface area contributed by atoms with Crippen LogP contribution in [0.1, 0.15) is 33.2 Å². The Morgan fingerprint density at radius 3 is 2.04 bits per heavy atom. The molecule has 0 spiro atoms. The number of hydroxylamine groups is 2. The summed E-state index contributed by atoms with van der Waals surface area (Å²) in [5.41, 5.74) is 1.49. The van der Waals surface area contributed by atoms with Gasteiger partial charge in [0, 0.05) is 0 Å². The molecule has 2 amide bonds. The molecule has 1 atom stereocenters. The molecule has 1 heterocycles. The first-order valence-electron chi connectivity index (χ1n) is 7.31. The Hall–Kier alpha value is -2.95. The average Bonchev–Trinajstić information content (AvgIpc) is 2.81. The zero-order chi connectivity index (χ0) is 16.4. The monoisotopic (exact) mass is 309 g/mol. The van der Waals surface area contributed by atoms with Crippen LogP contribution in [0.2, 0.25) is 0 Å². The Morgan fingerprint density at radius 1 is 0.957 bits per heavy atom. The zero-order valence-electron chi connectivity index (χ0n) is 12.6. The van der Waals surface area contributed by atoms with Crippen molar-refractivity contribution in [1.29, 1.82) is 0 Å². The molecule has 0 saturated heterocycles. The first kappa shape index (κ1) is 15.0. The summed E-state index contributed by atoms with van der Waals surface area (Å²) in [6.07, 6.45) is 0.475. The van der Waals surface area contributed by atoms with Gasteiger partial charge in [-0.25, -0.2) is 4.79 Å². The van der Waals surface area contributed by atoms with E-state index in [9.17, 15) is 14.4 Å². The van der Waals surface area contributed by atoms with Crippen LogP contribution in [0.3, 0.4) is 0 Å². The van der Waals surface area contributed by atoms with E-state index < -0.39 is 23.7 Å². The quantitative estimate of drug-likeness (QED) is 0.814. The summed E-state index contributed by atoms with van der Waals surface area (Å²) in [5.74, 6) is -2.29. The van der Waals surface area contributed by atoms with Crippen molar-refractivity contribution >= 4 is 17.8 Å². The lowest BCUT2D eigenvalue weighted by Gasteiger charge is -2.16. The summed E-state index contributed by atoms with van der Waals surface area (Å²) in [7, 11) is 0. The van der Waals surface area contributed by atoms with Gasteiger partial charge in [-0.15, -0.1) is 0 Å². The SMILES string of the molecule is CC(Cc1ccccc1)C(=O)ON1C(=O)c2ccccc2C1=O. The number of amides is 2. The molecule has 2 aromatic rings. The van der Waals surface area contributed by atoms with Gasteiger partial charge in [0.1, 0.15) is 0 Å². The van der Waals surface area contributed by atoms with Gasteiger partial charge in [0.05, 0.1) is 17.0 Å². The van der Waals surface area contributed by atoms with Crippen molar-refractivity contribution in [2.24, 2.45) is 5.92 Å². The van der Waals surface area contributed by atoms with Crippen molar-refractivity contribution in [3.8, 4) is 0 Å². The van der Waals surface area contributed by atoms with Crippen LogP contribution >= 0.6 is 0 Å². The standard InChI is InChI=1S/C18H15NO4/c1-12(11-13-7-3-2-4-8-13)18(22)23-19-16(20)14-9-5-6-10-15(14)17(19)21/h2-10,12H,11H2,1H3.